The minimum atomic E-state index is -0.385. The molecule has 2 unspecified atom stereocenters. The first kappa shape index (κ1) is 14.9. The number of ether oxygens (including phenoxy) is 2. The molecule has 1 aromatic rings. The van der Waals surface area contributed by atoms with E-state index in [0.717, 1.165) is 5.56 Å². The maximum Gasteiger partial charge on any atom is 0.165 e. The smallest absolute Gasteiger partial charge is 0.165 e. The first-order valence-corrected chi connectivity index (χ1v) is 5.81. The fraction of sp³-hybridized carbons (Fsp3) is 0.538. The van der Waals surface area contributed by atoms with Gasteiger partial charge in [0.15, 0.2) is 11.6 Å². The lowest BCUT2D eigenvalue weighted by atomic mass is 10.1. The molecule has 0 heterocycles. The maximum atomic E-state index is 13.3. The van der Waals surface area contributed by atoms with Crippen LogP contribution in [-0.4, -0.2) is 38.6 Å². The second-order valence-corrected chi connectivity index (χ2v) is 4.12. The number of methoxy groups -OCH3 is 2. The molecule has 18 heavy (non-hydrogen) atoms. The number of nitrogens with one attached hydrogen (secondary N) is 1. The third-order valence-electron chi connectivity index (χ3n) is 2.75. The van der Waals surface area contributed by atoms with E-state index < -0.39 is 0 Å². The van der Waals surface area contributed by atoms with Crippen molar-refractivity contribution in [3.63, 3.8) is 0 Å². The van der Waals surface area contributed by atoms with Crippen molar-refractivity contribution < 1.29 is 19.0 Å². The normalized spacial score (nSPS) is 14.3. The van der Waals surface area contributed by atoms with Gasteiger partial charge < -0.3 is 19.9 Å². The SMILES string of the molecule is COCC(CO)NC(C)c1ccc(F)c(OC)c1. The Labute approximate surface area is 107 Å². The van der Waals surface area contributed by atoms with Crippen molar-refractivity contribution in [3.05, 3.63) is 29.6 Å². The second-order valence-electron chi connectivity index (χ2n) is 4.12. The average Bonchev–Trinajstić information content (AvgIpc) is 2.38. The number of aliphatic hydroxyl groups is 1. The van der Waals surface area contributed by atoms with E-state index in [-0.39, 0.29) is 30.3 Å². The predicted molar refractivity (Wildman–Crippen MR) is 67.3 cm³/mol. The predicted octanol–water partition coefficient (Wildman–Crippen LogP) is 1.49. The van der Waals surface area contributed by atoms with E-state index >= 15 is 0 Å². The Morgan fingerprint density at radius 1 is 1.39 bits per heavy atom. The molecule has 2 N–H and O–H groups in total. The highest BCUT2D eigenvalue weighted by atomic mass is 19.1. The van der Waals surface area contributed by atoms with Gasteiger partial charge in [0.25, 0.3) is 0 Å². The van der Waals surface area contributed by atoms with Crippen LogP contribution in [0, 0.1) is 5.82 Å². The van der Waals surface area contributed by atoms with E-state index in [1.165, 1.54) is 13.2 Å². The van der Waals surface area contributed by atoms with Crippen LogP contribution in [0.4, 0.5) is 4.39 Å². The fourth-order valence-electron chi connectivity index (χ4n) is 1.75. The molecule has 2 atom stereocenters. The lowest BCUT2D eigenvalue weighted by Gasteiger charge is -2.21. The van der Waals surface area contributed by atoms with Gasteiger partial charge in [0, 0.05) is 13.2 Å². The maximum absolute atomic E-state index is 13.3. The zero-order chi connectivity index (χ0) is 13.5. The second kappa shape index (κ2) is 7.31. The van der Waals surface area contributed by atoms with Crippen LogP contribution >= 0.6 is 0 Å². The highest BCUT2D eigenvalue weighted by Crippen LogP contribution is 2.22. The summed E-state index contributed by atoms with van der Waals surface area (Å²) in [4.78, 5) is 0. The van der Waals surface area contributed by atoms with Crippen molar-refractivity contribution in [2.75, 3.05) is 27.4 Å². The minimum Gasteiger partial charge on any atom is -0.494 e. The molecule has 1 rings (SSSR count). The molecule has 0 aliphatic rings. The average molecular weight is 257 g/mol. The van der Waals surface area contributed by atoms with Crippen LogP contribution in [0.5, 0.6) is 5.75 Å². The monoisotopic (exact) mass is 257 g/mol. The number of aliphatic hydroxyl groups excluding tert-OH is 1. The Morgan fingerprint density at radius 2 is 2.11 bits per heavy atom. The molecule has 102 valence electrons. The standard InChI is InChI=1S/C13H20FNO3/c1-9(15-11(7-16)8-17-2)10-4-5-12(14)13(6-10)18-3/h4-6,9,11,15-16H,7-8H2,1-3H3. The Morgan fingerprint density at radius 3 is 2.67 bits per heavy atom. The summed E-state index contributed by atoms with van der Waals surface area (Å²) in [5, 5.41) is 12.4. The molecular weight excluding hydrogens is 237 g/mol. The molecule has 5 heteroatoms. The number of rotatable bonds is 7. The Balaban J connectivity index is 2.74. The van der Waals surface area contributed by atoms with Crippen LogP contribution in [0.25, 0.3) is 0 Å². The molecule has 0 saturated carbocycles. The third kappa shape index (κ3) is 3.94. The van der Waals surface area contributed by atoms with Gasteiger partial charge in [-0.3, -0.25) is 0 Å². The molecule has 0 amide bonds. The molecule has 4 nitrogen and oxygen atoms in total. The van der Waals surface area contributed by atoms with Gasteiger partial charge in [0.1, 0.15) is 0 Å². The van der Waals surface area contributed by atoms with Gasteiger partial charge in [-0.2, -0.15) is 0 Å². The highest BCUT2D eigenvalue weighted by molar-refractivity contribution is 5.31. The number of hydrogen-bond acceptors (Lipinski definition) is 4. The van der Waals surface area contributed by atoms with Gasteiger partial charge in [0.05, 0.1) is 26.4 Å². The van der Waals surface area contributed by atoms with Crippen molar-refractivity contribution in [2.24, 2.45) is 0 Å². The molecule has 1 aromatic carbocycles. The van der Waals surface area contributed by atoms with Crippen molar-refractivity contribution in [1.29, 1.82) is 0 Å². The van der Waals surface area contributed by atoms with Gasteiger partial charge in [0.2, 0.25) is 0 Å². The molecule has 0 saturated heterocycles. The number of halogens is 1. The van der Waals surface area contributed by atoms with E-state index in [4.69, 9.17) is 9.47 Å². The van der Waals surface area contributed by atoms with Gasteiger partial charge in [-0.1, -0.05) is 6.07 Å². The first-order chi connectivity index (χ1) is 8.62. The lowest BCUT2D eigenvalue weighted by Crippen LogP contribution is -2.38. The molecule has 0 spiro atoms. The van der Waals surface area contributed by atoms with Gasteiger partial charge >= 0.3 is 0 Å². The molecule has 0 aliphatic carbocycles. The highest BCUT2D eigenvalue weighted by Gasteiger charge is 2.14. The number of hydrogen-bond donors (Lipinski definition) is 2. The van der Waals surface area contributed by atoms with Gasteiger partial charge in [-0.15, -0.1) is 0 Å². The summed E-state index contributed by atoms with van der Waals surface area (Å²) in [7, 11) is 3.01. The summed E-state index contributed by atoms with van der Waals surface area (Å²) >= 11 is 0. The van der Waals surface area contributed by atoms with Crippen LogP contribution in [-0.2, 0) is 4.74 Å². The number of benzene rings is 1. The van der Waals surface area contributed by atoms with Gasteiger partial charge in [-0.25, -0.2) is 4.39 Å². The van der Waals surface area contributed by atoms with Crippen LogP contribution < -0.4 is 10.1 Å². The van der Waals surface area contributed by atoms with E-state index in [1.807, 2.05) is 6.92 Å². The largest absolute Gasteiger partial charge is 0.494 e. The summed E-state index contributed by atoms with van der Waals surface area (Å²) in [5.74, 6) is -0.169. The van der Waals surface area contributed by atoms with Crippen LogP contribution in [0.1, 0.15) is 18.5 Å². The van der Waals surface area contributed by atoms with E-state index in [0.29, 0.717) is 6.61 Å². The summed E-state index contributed by atoms with van der Waals surface area (Å²) in [6.45, 7) is 2.33. The topological polar surface area (TPSA) is 50.7 Å². The van der Waals surface area contributed by atoms with Crippen LogP contribution in [0.15, 0.2) is 18.2 Å². The van der Waals surface area contributed by atoms with Crippen molar-refractivity contribution in [3.8, 4) is 5.75 Å². The fourth-order valence-corrected chi connectivity index (χ4v) is 1.75. The zero-order valence-corrected chi connectivity index (χ0v) is 10.9. The van der Waals surface area contributed by atoms with Crippen molar-refractivity contribution >= 4 is 0 Å². The summed E-state index contributed by atoms with van der Waals surface area (Å²) < 4.78 is 23.2. The zero-order valence-electron chi connectivity index (χ0n) is 10.9. The summed E-state index contributed by atoms with van der Waals surface area (Å²) in [6, 6.07) is 4.52. The van der Waals surface area contributed by atoms with Crippen LogP contribution in [0.3, 0.4) is 0 Å². The first-order valence-electron chi connectivity index (χ1n) is 5.81. The Bertz CT molecular complexity index is 373. The summed E-state index contributed by atoms with van der Waals surface area (Å²) in [5.41, 5.74) is 0.891. The van der Waals surface area contributed by atoms with Crippen molar-refractivity contribution in [1.82, 2.24) is 5.32 Å². The molecule has 0 fully saturated rings. The quantitative estimate of drug-likeness (QED) is 0.777. The lowest BCUT2D eigenvalue weighted by molar-refractivity contribution is 0.123. The van der Waals surface area contributed by atoms with Crippen molar-refractivity contribution in [2.45, 2.75) is 19.0 Å². The van der Waals surface area contributed by atoms with Gasteiger partial charge in [-0.05, 0) is 24.6 Å². The van der Waals surface area contributed by atoms with E-state index in [9.17, 15) is 9.50 Å². The van der Waals surface area contributed by atoms with Crippen LogP contribution in [0.2, 0.25) is 0 Å². The molecular formula is C13H20FNO3. The van der Waals surface area contributed by atoms with E-state index in [1.54, 1.807) is 19.2 Å². The van der Waals surface area contributed by atoms with E-state index in [2.05, 4.69) is 5.32 Å². The third-order valence-corrected chi connectivity index (χ3v) is 2.75. The minimum absolute atomic E-state index is 0.0174. The molecule has 0 radical (unpaired) electrons. The Kier molecular flexibility index (Phi) is 6.04. The molecule has 0 bridgehead atoms. The summed E-state index contributed by atoms with van der Waals surface area (Å²) in [6.07, 6.45) is 0. The Hall–Kier alpha value is -1.17. The molecule has 0 aliphatic heterocycles. The molecule has 0 aromatic heterocycles.